The zero-order chi connectivity index (χ0) is 17.9. The molecule has 2 aromatic rings. The number of unbranched alkanes of at least 4 members (excludes halogenated alkanes) is 1. The van der Waals surface area contributed by atoms with Gasteiger partial charge in [-0.15, -0.1) is 0 Å². The minimum Gasteiger partial charge on any atom is -0.492 e. The van der Waals surface area contributed by atoms with E-state index < -0.39 is 0 Å². The van der Waals surface area contributed by atoms with Crippen molar-refractivity contribution in [3.8, 4) is 17.2 Å². The first-order valence-electron chi connectivity index (χ1n) is 8.47. The minimum absolute atomic E-state index is 0.161. The molecule has 134 valence electrons. The molecule has 0 atom stereocenters. The van der Waals surface area contributed by atoms with E-state index in [1.54, 1.807) is 6.07 Å². The number of hydrogen-bond acceptors (Lipinski definition) is 3. The van der Waals surface area contributed by atoms with Gasteiger partial charge in [-0.3, -0.25) is 0 Å². The fourth-order valence-corrected chi connectivity index (χ4v) is 3.21. The van der Waals surface area contributed by atoms with Crippen LogP contribution in [0.2, 0.25) is 10.0 Å². The Morgan fingerprint density at radius 3 is 2.36 bits per heavy atom. The molecule has 0 bridgehead atoms. The van der Waals surface area contributed by atoms with Crippen molar-refractivity contribution in [1.82, 2.24) is 0 Å². The van der Waals surface area contributed by atoms with Crippen LogP contribution in [0.3, 0.4) is 0 Å². The zero-order valence-electron chi connectivity index (χ0n) is 14.5. The third-order valence-electron chi connectivity index (χ3n) is 4.02. The summed E-state index contributed by atoms with van der Waals surface area (Å²) in [5.41, 5.74) is 1.05. The topological polar surface area (TPSA) is 27.7 Å². The molecule has 0 N–H and O–H groups in total. The lowest BCUT2D eigenvalue weighted by molar-refractivity contribution is 0.132. The summed E-state index contributed by atoms with van der Waals surface area (Å²) in [5.74, 6) is 2.32. The third kappa shape index (κ3) is 4.53. The molecule has 1 aliphatic heterocycles. The fourth-order valence-electron chi connectivity index (χ4n) is 2.86. The van der Waals surface area contributed by atoms with Crippen molar-refractivity contribution in [2.24, 2.45) is 0 Å². The number of benzene rings is 2. The lowest BCUT2D eigenvalue weighted by Crippen LogP contribution is -2.24. The van der Waals surface area contributed by atoms with Gasteiger partial charge in [-0.2, -0.15) is 0 Å². The molecule has 0 unspecified atom stereocenters. The van der Waals surface area contributed by atoms with Gasteiger partial charge in [-0.25, -0.2) is 0 Å². The highest BCUT2D eigenvalue weighted by atomic mass is 35.5. The Morgan fingerprint density at radius 2 is 1.60 bits per heavy atom. The first-order valence-corrected chi connectivity index (χ1v) is 9.22. The summed E-state index contributed by atoms with van der Waals surface area (Å²) in [6.07, 6.45) is 2.66. The second-order valence-electron chi connectivity index (χ2n) is 6.74. The molecule has 0 saturated carbocycles. The molecule has 0 amide bonds. The Hall–Kier alpha value is -1.58. The molecular weight excluding hydrogens is 359 g/mol. The van der Waals surface area contributed by atoms with E-state index in [4.69, 9.17) is 37.4 Å². The van der Waals surface area contributed by atoms with Gasteiger partial charge < -0.3 is 14.2 Å². The molecule has 1 aliphatic rings. The van der Waals surface area contributed by atoms with E-state index >= 15 is 0 Å². The summed E-state index contributed by atoms with van der Waals surface area (Å²) in [5, 5.41) is 0.961. The lowest BCUT2D eigenvalue weighted by atomic mass is 10.0. The van der Waals surface area contributed by atoms with Gasteiger partial charge in [0.2, 0.25) is 0 Å². The summed E-state index contributed by atoms with van der Waals surface area (Å²) < 4.78 is 17.6. The number of ether oxygens (including phenoxy) is 3. The lowest BCUT2D eigenvalue weighted by Gasteiger charge is -2.18. The molecule has 5 heteroatoms. The summed E-state index contributed by atoms with van der Waals surface area (Å²) in [7, 11) is 0. The predicted molar refractivity (Wildman–Crippen MR) is 102 cm³/mol. The van der Waals surface area contributed by atoms with Crippen LogP contribution in [0.5, 0.6) is 17.2 Å². The second kappa shape index (κ2) is 7.76. The van der Waals surface area contributed by atoms with Crippen molar-refractivity contribution in [1.29, 1.82) is 0 Å². The summed E-state index contributed by atoms with van der Waals surface area (Å²) >= 11 is 12.1. The molecule has 3 rings (SSSR count). The highest BCUT2D eigenvalue weighted by molar-refractivity contribution is 6.42. The van der Waals surface area contributed by atoms with E-state index in [1.807, 2.05) is 24.3 Å². The first-order chi connectivity index (χ1) is 12.0. The van der Waals surface area contributed by atoms with Gasteiger partial charge in [-0.1, -0.05) is 41.4 Å². The van der Waals surface area contributed by atoms with E-state index in [0.717, 1.165) is 30.8 Å². The zero-order valence-corrected chi connectivity index (χ0v) is 16.0. The van der Waals surface area contributed by atoms with Gasteiger partial charge in [0.05, 0.1) is 18.2 Å². The van der Waals surface area contributed by atoms with Crippen LogP contribution in [0.15, 0.2) is 36.4 Å². The Bertz CT molecular complexity index is 744. The third-order valence-corrected chi connectivity index (χ3v) is 4.83. The Balaban J connectivity index is 1.43. The van der Waals surface area contributed by atoms with Crippen LogP contribution in [0.1, 0.15) is 32.3 Å². The molecule has 0 saturated heterocycles. The number of hydrogen-bond donors (Lipinski definition) is 0. The van der Waals surface area contributed by atoms with Crippen molar-refractivity contribution >= 4 is 23.2 Å². The van der Waals surface area contributed by atoms with Crippen LogP contribution in [0, 0.1) is 0 Å². The Labute approximate surface area is 158 Å². The normalized spacial score (nSPS) is 14.7. The maximum absolute atomic E-state index is 6.09. The van der Waals surface area contributed by atoms with E-state index in [1.165, 1.54) is 5.56 Å². The maximum atomic E-state index is 6.09. The van der Waals surface area contributed by atoms with Crippen molar-refractivity contribution in [3.05, 3.63) is 52.0 Å². The molecule has 0 radical (unpaired) electrons. The Morgan fingerprint density at radius 1 is 0.960 bits per heavy atom. The van der Waals surface area contributed by atoms with Gasteiger partial charge in [0.15, 0.2) is 11.5 Å². The van der Waals surface area contributed by atoms with Crippen molar-refractivity contribution in [2.45, 2.75) is 38.7 Å². The van der Waals surface area contributed by atoms with Crippen LogP contribution in [0.25, 0.3) is 0 Å². The van der Waals surface area contributed by atoms with Crippen LogP contribution in [0.4, 0.5) is 0 Å². The standard InChI is InChI=1S/C20H22Cl2O3/c1-20(2)13-14-7-5-10-17(19(14)25-20)24-12-4-3-11-23-16-9-6-8-15(21)18(16)22/h5-10H,3-4,11-13H2,1-2H3. The van der Waals surface area contributed by atoms with Crippen molar-refractivity contribution in [2.75, 3.05) is 13.2 Å². The maximum Gasteiger partial charge on any atom is 0.165 e. The Kier molecular flexibility index (Phi) is 5.65. The highest BCUT2D eigenvalue weighted by Crippen LogP contribution is 2.41. The minimum atomic E-state index is -0.161. The molecule has 0 spiro atoms. The van der Waals surface area contributed by atoms with Gasteiger partial charge in [0.1, 0.15) is 16.4 Å². The molecule has 3 nitrogen and oxygen atoms in total. The van der Waals surface area contributed by atoms with Crippen molar-refractivity contribution < 1.29 is 14.2 Å². The van der Waals surface area contributed by atoms with Gasteiger partial charge in [0, 0.05) is 12.0 Å². The fraction of sp³-hybridized carbons (Fsp3) is 0.400. The van der Waals surface area contributed by atoms with Gasteiger partial charge in [-0.05, 0) is 44.9 Å². The summed E-state index contributed by atoms with van der Waals surface area (Å²) in [6.45, 7) is 5.37. The molecule has 25 heavy (non-hydrogen) atoms. The number of halogens is 2. The van der Waals surface area contributed by atoms with Gasteiger partial charge in [0.25, 0.3) is 0 Å². The average molecular weight is 381 g/mol. The van der Waals surface area contributed by atoms with E-state index in [-0.39, 0.29) is 5.60 Å². The van der Waals surface area contributed by atoms with Crippen LogP contribution < -0.4 is 14.2 Å². The second-order valence-corrected chi connectivity index (χ2v) is 7.52. The largest absolute Gasteiger partial charge is 0.492 e. The van der Waals surface area contributed by atoms with Crippen molar-refractivity contribution in [3.63, 3.8) is 0 Å². The average Bonchev–Trinajstić information content (AvgIpc) is 2.89. The van der Waals surface area contributed by atoms with Crippen LogP contribution in [-0.4, -0.2) is 18.8 Å². The number of para-hydroxylation sites is 1. The molecule has 0 aliphatic carbocycles. The quantitative estimate of drug-likeness (QED) is 0.555. The predicted octanol–water partition coefficient (Wildman–Crippen LogP) is 5.94. The highest BCUT2D eigenvalue weighted by Gasteiger charge is 2.32. The monoisotopic (exact) mass is 380 g/mol. The molecule has 2 aromatic carbocycles. The van der Waals surface area contributed by atoms with E-state index in [9.17, 15) is 0 Å². The molecule has 0 fully saturated rings. The number of fused-ring (bicyclic) bond motifs is 1. The van der Waals surface area contributed by atoms with Crippen LogP contribution in [-0.2, 0) is 6.42 Å². The summed E-state index contributed by atoms with van der Waals surface area (Å²) in [6, 6.07) is 11.5. The van der Waals surface area contributed by atoms with Gasteiger partial charge >= 0.3 is 0 Å². The van der Waals surface area contributed by atoms with E-state index in [0.29, 0.717) is 29.0 Å². The smallest absolute Gasteiger partial charge is 0.165 e. The molecule has 1 heterocycles. The van der Waals surface area contributed by atoms with Crippen LogP contribution >= 0.6 is 23.2 Å². The molecule has 0 aromatic heterocycles. The van der Waals surface area contributed by atoms with E-state index in [2.05, 4.69) is 19.9 Å². The SMILES string of the molecule is CC1(C)Cc2cccc(OCCCCOc3cccc(Cl)c3Cl)c2O1. The number of rotatable bonds is 7. The first kappa shape index (κ1) is 18.2. The molecular formula is C20H22Cl2O3. The summed E-state index contributed by atoms with van der Waals surface area (Å²) in [4.78, 5) is 0.